The second kappa shape index (κ2) is 6.26. The minimum atomic E-state index is 0.565. The average molecular weight is 263 g/mol. The molecular weight excluding hydrogens is 242 g/mol. The summed E-state index contributed by atoms with van der Waals surface area (Å²) in [7, 11) is 0. The summed E-state index contributed by atoms with van der Waals surface area (Å²) < 4.78 is 16.6. The van der Waals surface area contributed by atoms with Crippen molar-refractivity contribution in [3.05, 3.63) is 23.8 Å². The van der Waals surface area contributed by atoms with E-state index in [0.29, 0.717) is 19.3 Å². The van der Waals surface area contributed by atoms with Crippen LogP contribution in [0.2, 0.25) is 0 Å². The summed E-state index contributed by atoms with van der Waals surface area (Å²) >= 11 is 0. The molecule has 2 aliphatic rings. The van der Waals surface area contributed by atoms with Gasteiger partial charge in [0.2, 0.25) is 0 Å². The number of rotatable bonds is 3. The highest BCUT2D eigenvalue weighted by atomic mass is 16.6. The number of hydrogen-bond acceptors (Lipinski definition) is 4. The van der Waals surface area contributed by atoms with Crippen molar-refractivity contribution in [2.75, 3.05) is 26.4 Å². The van der Waals surface area contributed by atoms with E-state index >= 15 is 0 Å². The minimum Gasteiger partial charge on any atom is -0.486 e. The highest BCUT2D eigenvalue weighted by Crippen LogP contribution is 2.30. The lowest BCUT2D eigenvalue weighted by atomic mass is 10.1. The Morgan fingerprint density at radius 1 is 1.00 bits per heavy atom. The monoisotopic (exact) mass is 263 g/mol. The zero-order valence-corrected chi connectivity index (χ0v) is 11.2. The molecular formula is C15H21NO3. The molecule has 1 saturated heterocycles. The van der Waals surface area contributed by atoms with Crippen LogP contribution in [0.25, 0.3) is 0 Å². The number of benzene rings is 1. The minimum absolute atomic E-state index is 0.565. The second-order valence-corrected chi connectivity index (χ2v) is 5.10. The van der Waals surface area contributed by atoms with Crippen LogP contribution in [0.3, 0.4) is 0 Å². The molecule has 1 aromatic carbocycles. The fourth-order valence-electron chi connectivity index (χ4n) is 2.57. The van der Waals surface area contributed by atoms with Crippen molar-refractivity contribution in [2.45, 2.75) is 31.8 Å². The summed E-state index contributed by atoms with van der Waals surface area (Å²) in [6.45, 7) is 3.94. The SMILES string of the molecule is c1cc2c(cc1CNC1CCCOCC1)OCCO2. The van der Waals surface area contributed by atoms with Crippen molar-refractivity contribution in [1.82, 2.24) is 5.32 Å². The fourth-order valence-corrected chi connectivity index (χ4v) is 2.57. The molecule has 4 nitrogen and oxygen atoms in total. The Labute approximate surface area is 114 Å². The lowest BCUT2D eigenvalue weighted by molar-refractivity contribution is 0.142. The zero-order chi connectivity index (χ0) is 12.9. The fraction of sp³-hybridized carbons (Fsp3) is 0.600. The van der Waals surface area contributed by atoms with Gasteiger partial charge in [0.15, 0.2) is 11.5 Å². The average Bonchev–Trinajstić information content (AvgIpc) is 2.73. The Hall–Kier alpha value is -1.26. The van der Waals surface area contributed by atoms with Gasteiger partial charge in [-0.05, 0) is 37.0 Å². The molecule has 1 atom stereocenters. The van der Waals surface area contributed by atoms with Crippen LogP contribution in [0.5, 0.6) is 11.5 Å². The van der Waals surface area contributed by atoms with Gasteiger partial charge in [-0.25, -0.2) is 0 Å². The number of ether oxygens (including phenoxy) is 3. The Balaban J connectivity index is 1.57. The quantitative estimate of drug-likeness (QED) is 0.906. The smallest absolute Gasteiger partial charge is 0.161 e. The first-order chi connectivity index (χ1) is 9.42. The van der Waals surface area contributed by atoms with Crippen LogP contribution in [0.15, 0.2) is 18.2 Å². The first kappa shape index (κ1) is 12.8. The number of nitrogens with one attached hydrogen (secondary N) is 1. The summed E-state index contributed by atoms with van der Waals surface area (Å²) in [5.74, 6) is 1.73. The Kier molecular flexibility index (Phi) is 4.20. The summed E-state index contributed by atoms with van der Waals surface area (Å²) in [5, 5.41) is 3.61. The highest BCUT2D eigenvalue weighted by Gasteiger charge is 2.14. The predicted molar refractivity (Wildman–Crippen MR) is 72.7 cm³/mol. The maximum atomic E-state index is 5.60. The van der Waals surface area contributed by atoms with Crippen LogP contribution in [0.1, 0.15) is 24.8 Å². The van der Waals surface area contributed by atoms with E-state index in [1.54, 1.807) is 0 Å². The molecule has 19 heavy (non-hydrogen) atoms. The van der Waals surface area contributed by atoms with Gasteiger partial charge in [0.05, 0.1) is 0 Å². The summed E-state index contributed by atoms with van der Waals surface area (Å²) in [6.07, 6.45) is 3.45. The molecule has 0 amide bonds. The molecule has 0 aromatic heterocycles. The maximum Gasteiger partial charge on any atom is 0.161 e. The highest BCUT2D eigenvalue weighted by molar-refractivity contribution is 5.43. The Bertz CT molecular complexity index is 414. The van der Waals surface area contributed by atoms with Crippen LogP contribution in [-0.2, 0) is 11.3 Å². The molecule has 0 aliphatic carbocycles. The van der Waals surface area contributed by atoms with E-state index in [1.807, 2.05) is 6.07 Å². The predicted octanol–water partition coefficient (Wildman–Crippen LogP) is 2.12. The van der Waals surface area contributed by atoms with Crippen molar-refractivity contribution in [3.8, 4) is 11.5 Å². The van der Waals surface area contributed by atoms with Gasteiger partial charge in [0.1, 0.15) is 13.2 Å². The zero-order valence-electron chi connectivity index (χ0n) is 11.2. The number of fused-ring (bicyclic) bond motifs is 1. The van der Waals surface area contributed by atoms with Gasteiger partial charge < -0.3 is 19.5 Å². The van der Waals surface area contributed by atoms with Crippen molar-refractivity contribution in [2.24, 2.45) is 0 Å². The van der Waals surface area contributed by atoms with Crippen LogP contribution in [0.4, 0.5) is 0 Å². The van der Waals surface area contributed by atoms with E-state index in [0.717, 1.165) is 44.1 Å². The molecule has 3 rings (SSSR count). The van der Waals surface area contributed by atoms with Crippen molar-refractivity contribution in [3.63, 3.8) is 0 Å². The maximum absolute atomic E-state index is 5.60. The Morgan fingerprint density at radius 2 is 1.89 bits per heavy atom. The second-order valence-electron chi connectivity index (χ2n) is 5.10. The molecule has 0 spiro atoms. The van der Waals surface area contributed by atoms with Crippen LogP contribution in [-0.4, -0.2) is 32.5 Å². The van der Waals surface area contributed by atoms with Crippen LogP contribution >= 0.6 is 0 Å². The summed E-state index contributed by atoms with van der Waals surface area (Å²) in [5.41, 5.74) is 1.24. The largest absolute Gasteiger partial charge is 0.486 e. The summed E-state index contributed by atoms with van der Waals surface area (Å²) in [4.78, 5) is 0. The molecule has 0 saturated carbocycles. The third-order valence-electron chi connectivity index (χ3n) is 3.65. The molecule has 2 heterocycles. The lowest BCUT2D eigenvalue weighted by Gasteiger charge is -2.20. The van der Waals surface area contributed by atoms with Gasteiger partial charge in [0, 0.05) is 25.8 Å². The molecule has 0 radical (unpaired) electrons. The van der Waals surface area contributed by atoms with E-state index in [9.17, 15) is 0 Å². The topological polar surface area (TPSA) is 39.7 Å². The van der Waals surface area contributed by atoms with E-state index in [-0.39, 0.29) is 0 Å². The molecule has 2 aliphatic heterocycles. The van der Waals surface area contributed by atoms with Gasteiger partial charge in [-0.1, -0.05) is 6.07 Å². The van der Waals surface area contributed by atoms with Gasteiger partial charge in [0.25, 0.3) is 0 Å². The van der Waals surface area contributed by atoms with E-state index in [1.165, 1.54) is 12.0 Å². The van der Waals surface area contributed by atoms with Gasteiger partial charge in [-0.3, -0.25) is 0 Å². The molecule has 4 heteroatoms. The van der Waals surface area contributed by atoms with Crippen LogP contribution in [0, 0.1) is 0 Å². The van der Waals surface area contributed by atoms with Crippen molar-refractivity contribution in [1.29, 1.82) is 0 Å². The van der Waals surface area contributed by atoms with Gasteiger partial charge in [-0.2, -0.15) is 0 Å². The molecule has 1 N–H and O–H groups in total. The van der Waals surface area contributed by atoms with Gasteiger partial charge >= 0.3 is 0 Å². The van der Waals surface area contributed by atoms with E-state index < -0.39 is 0 Å². The number of hydrogen-bond donors (Lipinski definition) is 1. The molecule has 1 fully saturated rings. The first-order valence-electron chi connectivity index (χ1n) is 7.11. The molecule has 0 bridgehead atoms. The molecule has 1 unspecified atom stereocenters. The lowest BCUT2D eigenvalue weighted by Crippen LogP contribution is -2.28. The van der Waals surface area contributed by atoms with E-state index in [4.69, 9.17) is 14.2 Å². The van der Waals surface area contributed by atoms with Crippen LogP contribution < -0.4 is 14.8 Å². The molecule has 104 valence electrons. The third-order valence-corrected chi connectivity index (χ3v) is 3.65. The van der Waals surface area contributed by atoms with Gasteiger partial charge in [-0.15, -0.1) is 0 Å². The first-order valence-corrected chi connectivity index (χ1v) is 7.11. The third kappa shape index (κ3) is 3.39. The normalized spacial score (nSPS) is 22.8. The summed E-state index contributed by atoms with van der Waals surface area (Å²) in [6, 6.07) is 6.75. The van der Waals surface area contributed by atoms with Crippen molar-refractivity contribution >= 4 is 0 Å². The Morgan fingerprint density at radius 3 is 2.84 bits per heavy atom. The van der Waals surface area contributed by atoms with E-state index in [2.05, 4.69) is 17.4 Å². The van der Waals surface area contributed by atoms with Crippen molar-refractivity contribution < 1.29 is 14.2 Å². The standard InChI is InChI=1S/C15H21NO3/c1-2-13(5-7-17-6-1)16-11-12-3-4-14-15(10-12)19-9-8-18-14/h3-4,10,13,16H,1-2,5-9,11H2. The molecule has 1 aromatic rings.